The number of carbonyl (C=O) groups is 1. The van der Waals surface area contributed by atoms with Crippen LogP contribution in [0.1, 0.15) is 29.5 Å². The molecule has 4 nitrogen and oxygen atoms in total. The van der Waals surface area contributed by atoms with Crippen LogP contribution in [-0.4, -0.2) is 22.4 Å². The number of Topliss-reactive ketones (excluding diaryl/α,β-unsaturated/α-hetero) is 1. The molecule has 1 aromatic carbocycles. The first-order valence-corrected chi connectivity index (χ1v) is 6.90. The Morgan fingerprint density at radius 1 is 1.45 bits per heavy atom. The smallest absolute Gasteiger partial charge is 0.182 e. The molecule has 0 radical (unpaired) electrons. The zero-order valence-electron chi connectivity index (χ0n) is 11.6. The summed E-state index contributed by atoms with van der Waals surface area (Å²) in [5.74, 6) is 1.50. The lowest BCUT2D eigenvalue weighted by Gasteiger charge is -2.08. The molecule has 1 heterocycles. The molecule has 0 unspecified atom stereocenters. The van der Waals surface area contributed by atoms with Gasteiger partial charge in [0, 0.05) is 24.4 Å². The number of rotatable bonds is 6. The minimum absolute atomic E-state index is 0.00454. The van der Waals surface area contributed by atoms with Crippen LogP contribution in [0.4, 0.5) is 0 Å². The standard InChI is InChI=1S/C15H17ClN2O2/c1-3-4-15-17-7-8-18(15)10-13(19)11-5-6-14(20-2)12(16)9-11/h5-9H,3-4,10H2,1-2H3. The molecular weight excluding hydrogens is 276 g/mol. The molecule has 0 saturated heterocycles. The summed E-state index contributed by atoms with van der Waals surface area (Å²) in [6.45, 7) is 2.36. The summed E-state index contributed by atoms with van der Waals surface area (Å²) >= 11 is 6.04. The molecule has 0 amide bonds. The zero-order valence-corrected chi connectivity index (χ0v) is 12.4. The molecule has 0 saturated carbocycles. The summed E-state index contributed by atoms with van der Waals surface area (Å²) < 4.78 is 6.96. The minimum Gasteiger partial charge on any atom is -0.495 e. The van der Waals surface area contributed by atoms with Gasteiger partial charge in [0.25, 0.3) is 0 Å². The summed E-state index contributed by atoms with van der Waals surface area (Å²) in [5, 5.41) is 0.442. The van der Waals surface area contributed by atoms with Crippen molar-refractivity contribution in [2.24, 2.45) is 0 Å². The second kappa shape index (κ2) is 6.57. The molecule has 2 rings (SSSR count). The monoisotopic (exact) mass is 292 g/mol. The molecule has 0 aliphatic rings. The Labute approximate surface area is 123 Å². The van der Waals surface area contributed by atoms with Gasteiger partial charge in [0.15, 0.2) is 5.78 Å². The summed E-state index contributed by atoms with van der Waals surface area (Å²) in [4.78, 5) is 16.5. The number of methoxy groups -OCH3 is 1. The topological polar surface area (TPSA) is 44.1 Å². The van der Waals surface area contributed by atoms with Gasteiger partial charge in [-0.2, -0.15) is 0 Å². The summed E-state index contributed by atoms with van der Waals surface area (Å²) in [7, 11) is 1.55. The van der Waals surface area contributed by atoms with Gasteiger partial charge in [-0.1, -0.05) is 18.5 Å². The number of hydrogen-bond donors (Lipinski definition) is 0. The van der Waals surface area contributed by atoms with Crippen LogP contribution >= 0.6 is 11.6 Å². The van der Waals surface area contributed by atoms with Crippen LogP contribution in [-0.2, 0) is 13.0 Å². The molecule has 2 aromatic rings. The van der Waals surface area contributed by atoms with Crippen LogP contribution in [0.25, 0.3) is 0 Å². The number of ketones is 1. The van der Waals surface area contributed by atoms with E-state index in [0.717, 1.165) is 18.7 Å². The SMILES string of the molecule is CCCc1nccn1CC(=O)c1ccc(OC)c(Cl)c1. The van der Waals surface area contributed by atoms with E-state index in [-0.39, 0.29) is 12.3 Å². The van der Waals surface area contributed by atoms with Crippen molar-refractivity contribution in [1.29, 1.82) is 0 Å². The van der Waals surface area contributed by atoms with E-state index in [9.17, 15) is 4.79 Å². The van der Waals surface area contributed by atoms with Crippen molar-refractivity contribution in [3.05, 3.63) is 47.0 Å². The molecule has 20 heavy (non-hydrogen) atoms. The fourth-order valence-electron chi connectivity index (χ4n) is 2.02. The maximum absolute atomic E-state index is 12.3. The summed E-state index contributed by atoms with van der Waals surface area (Å²) in [6.07, 6.45) is 5.41. The van der Waals surface area contributed by atoms with Crippen LogP contribution in [0.2, 0.25) is 5.02 Å². The molecule has 0 aliphatic heterocycles. The Hall–Kier alpha value is -1.81. The summed E-state index contributed by atoms with van der Waals surface area (Å²) in [5.41, 5.74) is 0.576. The maximum atomic E-state index is 12.3. The van der Waals surface area contributed by atoms with Gasteiger partial charge in [-0.3, -0.25) is 4.79 Å². The van der Waals surface area contributed by atoms with Crippen molar-refractivity contribution in [3.8, 4) is 5.75 Å². The Morgan fingerprint density at radius 3 is 2.90 bits per heavy atom. The minimum atomic E-state index is 0.00454. The predicted molar refractivity (Wildman–Crippen MR) is 78.6 cm³/mol. The van der Waals surface area contributed by atoms with E-state index < -0.39 is 0 Å². The fourth-order valence-corrected chi connectivity index (χ4v) is 2.28. The van der Waals surface area contributed by atoms with Crippen molar-refractivity contribution < 1.29 is 9.53 Å². The molecular formula is C15H17ClN2O2. The number of nitrogens with zero attached hydrogens (tertiary/aromatic N) is 2. The van der Waals surface area contributed by atoms with Crippen LogP contribution in [0, 0.1) is 0 Å². The average Bonchev–Trinajstić information content (AvgIpc) is 2.86. The van der Waals surface area contributed by atoms with Gasteiger partial charge in [-0.05, 0) is 24.6 Å². The van der Waals surface area contributed by atoms with Crippen molar-refractivity contribution in [3.63, 3.8) is 0 Å². The lowest BCUT2D eigenvalue weighted by molar-refractivity contribution is 0.0971. The Bertz CT molecular complexity index is 608. The number of ether oxygens (including phenoxy) is 1. The Morgan fingerprint density at radius 2 is 2.25 bits per heavy atom. The van der Waals surface area contributed by atoms with Crippen molar-refractivity contribution in [2.45, 2.75) is 26.3 Å². The first-order chi connectivity index (χ1) is 9.65. The number of benzene rings is 1. The van der Waals surface area contributed by atoms with Gasteiger partial charge in [-0.15, -0.1) is 0 Å². The highest BCUT2D eigenvalue weighted by atomic mass is 35.5. The predicted octanol–water partition coefficient (Wildman–Crippen LogP) is 3.38. The van der Waals surface area contributed by atoms with E-state index in [4.69, 9.17) is 16.3 Å². The van der Waals surface area contributed by atoms with Gasteiger partial charge in [0.2, 0.25) is 0 Å². The van der Waals surface area contributed by atoms with Gasteiger partial charge in [-0.25, -0.2) is 4.98 Å². The fraction of sp³-hybridized carbons (Fsp3) is 0.333. The van der Waals surface area contributed by atoms with E-state index in [1.54, 1.807) is 31.5 Å². The highest BCUT2D eigenvalue weighted by Crippen LogP contribution is 2.25. The second-order valence-corrected chi connectivity index (χ2v) is 4.90. The molecule has 0 atom stereocenters. The number of aromatic nitrogens is 2. The lowest BCUT2D eigenvalue weighted by Crippen LogP contribution is -2.12. The largest absolute Gasteiger partial charge is 0.495 e. The number of halogens is 1. The third-order valence-corrected chi connectivity index (χ3v) is 3.36. The maximum Gasteiger partial charge on any atom is 0.182 e. The number of aryl methyl sites for hydroxylation is 1. The van der Waals surface area contributed by atoms with E-state index in [1.165, 1.54) is 0 Å². The van der Waals surface area contributed by atoms with Gasteiger partial charge in [0.05, 0.1) is 18.7 Å². The normalized spacial score (nSPS) is 10.6. The van der Waals surface area contributed by atoms with E-state index in [0.29, 0.717) is 16.3 Å². The molecule has 0 bridgehead atoms. The summed E-state index contributed by atoms with van der Waals surface area (Å²) in [6, 6.07) is 5.07. The van der Waals surface area contributed by atoms with Crippen molar-refractivity contribution >= 4 is 17.4 Å². The van der Waals surface area contributed by atoms with Crippen LogP contribution in [0.3, 0.4) is 0 Å². The molecule has 5 heteroatoms. The average molecular weight is 293 g/mol. The van der Waals surface area contributed by atoms with Crippen LogP contribution in [0.15, 0.2) is 30.6 Å². The quantitative estimate of drug-likeness (QED) is 0.767. The molecule has 1 aromatic heterocycles. The number of hydrogen-bond acceptors (Lipinski definition) is 3. The van der Waals surface area contributed by atoms with Gasteiger partial charge >= 0.3 is 0 Å². The second-order valence-electron chi connectivity index (χ2n) is 4.49. The van der Waals surface area contributed by atoms with Crippen LogP contribution < -0.4 is 4.74 Å². The van der Waals surface area contributed by atoms with Gasteiger partial charge in [0.1, 0.15) is 11.6 Å². The van der Waals surface area contributed by atoms with Gasteiger partial charge < -0.3 is 9.30 Å². The third kappa shape index (κ3) is 3.20. The number of carbonyl (C=O) groups excluding carboxylic acids is 1. The first-order valence-electron chi connectivity index (χ1n) is 6.52. The molecule has 0 aliphatic carbocycles. The van der Waals surface area contributed by atoms with Crippen LogP contribution in [0.5, 0.6) is 5.75 Å². The third-order valence-electron chi connectivity index (χ3n) is 3.06. The lowest BCUT2D eigenvalue weighted by atomic mass is 10.1. The van der Waals surface area contributed by atoms with E-state index in [1.807, 2.05) is 10.8 Å². The Balaban J connectivity index is 2.15. The molecule has 0 N–H and O–H groups in total. The Kier molecular flexibility index (Phi) is 4.79. The van der Waals surface area contributed by atoms with E-state index in [2.05, 4.69) is 11.9 Å². The van der Waals surface area contributed by atoms with Crippen molar-refractivity contribution in [1.82, 2.24) is 9.55 Å². The molecule has 0 fully saturated rings. The highest BCUT2D eigenvalue weighted by molar-refractivity contribution is 6.32. The first kappa shape index (κ1) is 14.6. The van der Waals surface area contributed by atoms with E-state index >= 15 is 0 Å². The molecule has 106 valence electrons. The molecule has 0 spiro atoms. The van der Waals surface area contributed by atoms with Crippen molar-refractivity contribution in [2.75, 3.05) is 7.11 Å². The highest BCUT2D eigenvalue weighted by Gasteiger charge is 2.11. The zero-order chi connectivity index (χ0) is 14.5. The number of imidazole rings is 1.